The summed E-state index contributed by atoms with van der Waals surface area (Å²) in [4.78, 5) is 34.7. The molecule has 4 N–H and O–H groups in total. The fraction of sp³-hybridized carbons (Fsp3) is 0.265. The fourth-order valence-corrected chi connectivity index (χ4v) is 6.06. The Morgan fingerprint density at radius 2 is 1.90 bits per heavy atom. The van der Waals surface area contributed by atoms with Crippen LogP contribution in [0, 0.1) is 17.6 Å². The van der Waals surface area contributed by atoms with Gasteiger partial charge in [0.25, 0.3) is 5.91 Å². The summed E-state index contributed by atoms with van der Waals surface area (Å²) in [6, 6.07) is 11.5. The van der Waals surface area contributed by atoms with Crippen molar-refractivity contribution < 1.29 is 37.3 Å². The molecule has 2 atom stereocenters. The Bertz CT molecular complexity index is 2190. The van der Waals surface area contributed by atoms with Gasteiger partial charge in [-0.2, -0.15) is 9.49 Å². The third-order valence-corrected chi connectivity index (χ3v) is 9.25. The average molecular weight is 693 g/mol. The third-order valence-electron chi connectivity index (χ3n) is 8.96. The number of hydrogen-bond acceptors (Lipinski definition) is 8. The Kier molecular flexibility index (Phi) is 7.75. The maximum atomic E-state index is 15.3. The second kappa shape index (κ2) is 11.7. The molecule has 2 amide bonds. The second-order valence-corrected chi connectivity index (χ2v) is 12.7. The highest BCUT2D eigenvalue weighted by Gasteiger charge is 2.46. The molecule has 0 unspecified atom stereocenters. The van der Waals surface area contributed by atoms with Crippen molar-refractivity contribution >= 4 is 28.9 Å². The predicted molar refractivity (Wildman–Crippen MR) is 170 cm³/mol. The van der Waals surface area contributed by atoms with Gasteiger partial charge in [-0.1, -0.05) is 17.7 Å². The van der Waals surface area contributed by atoms with E-state index in [1.807, 2.05) is 6.07 Å². The van der Waals surface area contributed by atoms with E-state index in [-0.39, 0.29) is 46.1 Å². The van der Waals surface area contributed by atoms with Gasteiger partial charge in [0, 0.05) is 34.7 Å². The monoisotopic (exact) mass is 692 g/mol. The molecular formula is C34H28ClF3N6O5. The van der Waals surface area contributed by atoms with Crippen molar-refractivity contribution in [3.05, 3.63) is 105 Å². The van der Waals surface area contributed by atoms with E-state index >= 15 is 4.39 Å². The Morgan fingerprint density at radius 3 is 2.59 bits per heavy atom. The lowest BCUT2D eigenvalue weighted by Crippen LogP contribution is -2.44. The van der Waals surface area contributed by atoms with Gasteiger partial charge in [-0.05, 0) is 56.2 Å². The molecule has 2 aliphatic rings. The van der Waals surface area contributed by atoms with Crippen LogP contribution in [0.4, 0.5) is 13.2 Å². The number of aliphatic hydroxyl groups is 1. The van der Waals surface area contributed by atoms with Gasteiger partial charge in [0.2, 0.25) is 17.7 Å². The summed E-state index contributed by atoms with van der Waals surface area (Å²) in [6.45, 7) is 0.591. The number of aromatic nitrogens is 4. The number of methoxy groups -OCH3 is 1. The first-order valence-corrected chi connectivity index (χ1v) is 15.5. The van der Waals surface area contributed by atoms with E-state index in [9.17, 15) is 23.5 Å². The van der Waals surface area contributed by atoms with Gasteiger partial charge < -0.3 is 25.6 Å². The molecule has 252 valence electrons. The number of halogens is 4. The molecule has 1 saturated carbocycles. The highest BCUT2D eigenvalue weighted by molar-refractivity contribution is 6.31. The average Bonchev–Trinajstić information content (AvgIpc) is 3.75. The lowest BCUT2D eigenvalue weighted by atomic mass is 9.81. The normalized spacial score (nSPS) is 18.1. The van der Waals surface area contributed by atoms with Crippen LogP contribution in [0.25, 0.3) is 16.8 Å². The molecule has 1 fully saturated rings. The minimum absolute atomic E-state index is 0.0583. The number of carbonyl (C=O) groups excluding carboxylic acids is 2. The first-order valence-electron chi connectivity index (χ1n) is 15.2. The standard InChI is InChI=1S/C34H28ClF3N6O5/c1-33(32(39)46)15-49-30-20(33)12-26(42-29(30)19-11-21(35)23(37)13-22(19)36)34(47,25-4-3-5-27(38)41-25)14-40-31(45)17-8-18-10-24(16-6-7-16)43-44(18)28(9-17)48-2/h3-5,8-13,16,47H,6-7,14-15H2,1-2H3,(H2,39,46)(H,40,45)/t33-,34+/m0/s1. The molecule has 1 aliphatic heterocycles. The minimum Gasteiger partial charge on any atom is -0.489 e. The number of benzene rings is 1. The molecule has 49 heavy (non-hydrogen) atoms. The molecule has 0 saturated heterocycles. The van der Waals surface area contributed by atoms with Crippen molar-refractivity contribution in [2.45, 2.75) is 36.7 Å². The van der Waals surface area contributed by atoms with Gasteiger partial charge in [-0.25, -0.2) is 23.3 Å². The topological polar surface area (TPSA) is 154 Å². The maximum Gasteiger partial charge on any atom is 0.251 e. The van der Waals surface area contributed by atoms with Gasteiger partial charge in [0.1, 0.15) is 35.1 Å². The first-order chi connectivity index (χ1) is 23.3. The van der Waals surface area contributed by atoms with Gasteiger partial charge in [0.05, 0.1) is 41.3 Å². The lowest BCUT2D eigenvalue weighted by Gasteiger charge is -2.29. The highest BCUT2D eigenvalue weighted by Crippen LogP contribution is 2.47. The number of nitrogens with zero attached hydrogens (tertiary/aromatic N) is 4. The number of pyridine rings is 3. The smallest absolute Gasteiger partial charge is 0.251 e. The van der Waals surface area contributed by atoms with E-state index in [2.05, 4.69) is 20.4 Å². The van der Waals surface area contributed by atoms with Crippen LogP contribution in [-0.4, -0.2) is 56.8 Å². The van der Waals surface area contributed by atoms with Crippen LogP contribution >= 0.6 is 11.6 Å². The van der Waals surface area contributed by atoms with Gasteiger partial charge in [-0.3, -0.25) is 9.59 Å². The van der Waals surface area contributed by atoms with Gasteiger partial charge in [0.15, 0.2) is 5.60 Å². The number of primary amides is 1. The quantitative estimate of drug-likeness (QED) is 0.150. The van der Waals surface area contributed by atoms with Crippen LogP contribution < -0.4 is 20.5 Å². The highest BCUT2D eigenvalue weighted by atomic mass is 35.5. The first kappa shape index (κ1) is 32.3. The largest absolute Gasteiger partial charge is 0.489 e. The van der Waals surface area contributed by atoms with Crippen LogP contribution in [-0.2, 0) is 15.8 Å². The molecule has 0 radical (unpaired) electrons. The number of rotatable bonds is 9. The molecule has 0 bridgehead atoms. The summed E-state index contributed by atoms with van der Waals surface area (Å²) in [5.41, 5.74) is 2.54. The van der Waals surface area contributed by atoms with Gasteiger partial charge in [-0.15, -0.1) is 0 Å². The number of amides is 2. The number of ether oxygens (including phenoxy) is 2. The number of nitrogens with two attached hydrogens (primary N) is 1. The van der Waals surface area contributed by atoms with Crippen molar-refractivity contribution in [1.82, 2.24) is 24.9 Å². The third kappa shape index (κ3) is 5.50. The number of carbonyl (C=O) groups is 2. The van der Waals surface area contributed by atoms with Crippen molar-refractivity contribution in [3.63, 3.8) is 0 Å². The zero-order chi connectivity index (χ0) is 34.8. The molecule has 5 aromatic rings. The van der Waals surface area contributed by atoms with E-state index in [0.717, 1.165) is 30.7 Å². The molecule has 7 rings (SSSR count). The van der Waals surface area contributed by atoms with E-state index in [0.29, 0.717) is 23.4 Å². The predicted octanol–water partition coefficient (Wildman–Crippen LogP) is 4.55. The van der Waals surface area contributed by atoms with Crippen LogP contribution in [0.2, 0.25) is 5.02 Å². The van der Waals surface area contributed by atoms with E-state index in [1.54, 1.807) is 10.6 Å². The zero-order valence-electron chi connectivity index (χ0n) is 26.1. The molecule has 15 heteroatoms. The summed E-state index contributed by atoms with van der Waals surface area (Å²) < 4.78 is 56.9. The summed E-state index contributed by atoms with van der Waals surface area (Å²) in [7, 11) is 1.45. The van der Waals surface area contributed by atoms with Crippen molar-refractivity contribution in [2.75, 3.05) is 20.3 Å². The lowest BCUT2D eigenvalue weighted by molar-refractivity contribution is -0.123. The molecule has 0 spiro atoms. The zero-order valence-corrected chi connectivity index (χ0v) is 26.8. The van der Waals surface area contributed by atoms with Crippen molar-refractivity contribution in [1.29, 1.82) is 0 Å². The molecule has 1 aliphatic carbocycles. The Balaban J connectivity index is 1.35. The van der Waals surface area contributed by atoms with E-state index < -0.39 is 52.0 Å². The number of fused-ring (bicyclic) bond motifs is 2. The van der Waals surface area contributed by atoms with Crippen molar-refractivity contribution in [3.8, 4) is 22.9 Å². The summed E-state index contributed by atoms with van der Waals surface area (Å²) >= 11 is 6.01. The SMILES string of the molecule is COc1cc(C(=O)NC[C@@](O)(c2cccc(F)n2)c2cc3c(c(-c4cc(Cl)c(F)cc4F)n2)OC[C@]3(C)C(N)=O)cc2cc(C3CC3)nn12. The van der Waals surface area contributed by atoms with E-state index in [4.69, 9.17) is 26.8 Å². The molecule has 4 aromatic heterocycles. The molecule has 5 heterocycles. The Hall–Kier alpha value is -5.21. The summed E-state index contributed by atoms with van der Waals surface area (Å²) in [5, 5.41) is 19.2. The van der Waals surface area contributed by atoms with Crippen LogP contribution in [0.3, 0.4) is 0 Å². The number of hydrogen-bond donors (Lipinski definition) is 3. The van der Waals surface area contributed by atoms with Crippen LogP contribution in [0.5, 0.6) is 11.6 Å². The van der Waals surface area contributed by atoms with Crippen LogP contribution in [0.15, 0.2) is 54.6 Å². The van der Waals surface area contributed by atoms with Crippen molar-refractivity contribution in [2.24, 2.45) is 5.73 Å². The Labute approximate surface area is 281 Å². The molecule has 1 aromatic carbocycles. The maximum absolute atomic E-state index is 15.3. The number of nitrogens with one attached hydrogen (secondary N) is 1. The molecular weight excluding hydrogens is 665 g/mol. The molecule has 11 nitrogen and oxygen atoms in total. The second-order valence-electron chi connectivity index (χ2n) is 12.3. The Morgan fingerprint density at radius 1 is 1.12 bits per heavy atom. The van der Waals surface area contributed by atoms with E-state index in [1.165, 1.54) is 38.3 Å². The summed E-state index contributed by atoms with van der Waals surface area (Å²) in [5.74, 6) is -3.91. The van der Waals surface area contributed by atoms with Crippen LogP contribution in [0.1, 0.15) is 58.7 Å². The fourth-order valence-electron chi connectivity index (χ4n) is 5.89. The summed E-state index contributed by atoms with van der Waals surface area (Å²) in [6.07, 6.45) is 2.05. The minimum atomic E-state index is -2.40. The van der Waals surface area contributed by atoms with Gasteiger partial charge >= 0.3 is 0 Å².